The number of para-hydroxylation sites is 1. The molecule has 0 unspecified atom stereocenters. The Kier molecular flexibility index (Phi) is 4.66. The van der Waals surface area contributed by atoms with Gasteiger partial charge >= 0.3 is 0 Å². The maximum absolute atomic E-state index is 12.4. The van der Waals surface area contributed by atoms with Gasteiger partial charge in [-0.05, 0) is 25.5 Å². The third-order valence-electron chi connectivity index (χ3n) is 3.48. The zero-order valence-electron chi connectivity index (χ0n) is 12.0. The van der Waals surface area contributed by atoms with E-state index in [9.17, 15) is 9.59 Å². The fourth-order valence-corrected chi connectivity index (χ4v) is 2.38. The molecule has 4 nitrogen and oxygen atoms in total. The molecular formula is C16H20N2O2. The van der Waals surface area contributed by atoms with Crippen LogP contribution in [0.1, 0.15) is 39.5 Å². The molecular weight excluding hydrogens is 252 g/mol. The average molecular weight is 272 g/mol. The molecule has 106 valence electrons. The molecule has 2 rings (SSSR count). The van der Waals surface area contributed by atoms with Crippen LogP contribution in [0.2, 0.25) is 0 Å². The standard InChI is InChI=1S/C16H20N2O2/c1-3-4-6-11-14(19)15-12(2)17-18(16(15)20)13-9-7-5-8-10-13/h5,7-10,15H,3-4,6,11H2,1-2H3/t15-/m1/s1. The van der Waals surface area contributed by atoms with E-state index in [-0.39, 0.29) is 11.7 Å². The van der Waals surface area contributed by atoms with Gasteiger partial charge in [0.25, 0.3) is 5.91 Å². The molecule has 1 amide bonds. The van der Waals surface area contributed by atoms with E-state index in [1.165, 1.54) is 5.01 Å². The molecule has 0 N–H and O–H groups in total. The molecule has 0 aromatic heterocycles. The van der Waals surface area contributed by atoms with Crippen molar-refractivity contribution in [2.45, 2.75) is 39.5 Å². The summed E-state index contributed by atoms with van der Waals surface area (Å²) in [4.78, 5) is 24.6. The number of unbranched alkanes of at least 4 members (excludes halogenated alkanes) is 2. The number of ketones is 1. The summed E-state index contributed by atoms with van der Waals surface area (Å²) in [5.41, 5.74) is 1.31. The summed E-state index contributed by atoms with van der Waals surface area (Å²) < 4.78 is 0. The van der Waals surface area contributed by atoms with Gasteiger partial charge in [0.05, 0.1) is 11.4 Å². The summed E-state index contributed by atoms with van der Waals surface area (Å²) in [6.45, 7) is 3.85. The van der Waals surface area contributed by atoms with Gasteiger partial charge in [-0.15, -0.1) is 0 Å². The number of rotatable bonds is 6. The number of hydrogen-bond donors (Lipinski definition) is 0. The van der Waals surface area contributed by atoms with Crippen molar-refractivity contribution in [2.75, 3.05) is 5.01 Å². The molecule has 0 aliphatic carbocycles. The average Bonchev–Trinajstić information content (AvgIpc) is 2.75. The summed E-state index contributed by atoms with van der Waals surface area (Å²) in [7, 11) is 0. The van der Waals surface area contributed by atoms with Crippen molar-refractivity contribution >= 4 is 23.1 Å². The topological polar surface area (TPSA) is 49.7 Å². The van der Waals surface area contributed by atoms with Gasteiger partial charge in [-0.1, -0.05) is 38.0 Å². The van der Waals surface area contributed by atoms with Crippen LogP contribution in [-0.4, -0.2) is 17.4 Å². The van der Waals surface area contributed by atoms with E-state index in [4.69, 9.17) is 0 Å². The molecule has 0 spiro atoms. The number of Topliss-reactive ketones (excluding diaryl/α,β-unsaturated/α-hetero) is 1. The third-order valence-corrected chi connectivity index (χ3v) is 3.48. The first kappa shape index (κ1) is 14.4. The van der Waals surface area contributed by atoms with Crippen molar-refractivity contribution in [2.24, 2.45) is 11.0 Å². The molecule has 4 heteroatoms. The summed E-state index contributed by atoms with van der Waals surface area (Å²) in [6.07, 6.45) is 3.39. The Balaban J connectivity index is 2.09. The van der Waals surface area contributed by atoms with Crippen molar-refractivity contribution < 1.29 is 9.59 Å². The molecule has 0 saturated heterocycles. The Hall–Kier alpha value is -1.97. The lowest BCUT2D eigenvalue weighted by atomic mass is 9.95. The van der Waals surface area contributed by atoms with Crippen molar-refractivity contribution in [3.63, 3.8) is 0 Å². The second-order valence-electron chi connectivity index (χ2n) is 5.08. The molecule has 20 heavy (non-hydrogen) atoms. The Bertz CT molecular complexity index is 523. The van der Waals surface area contributed by atoms with E-state index >= 15 is 0 Å². The number of hydrogen-bond acceptors (Lipinski definition) is 3. The van der Waals surface area contributed by atoms with Crippen LogP contribution >= 0.6 is 0 Å². The van der Waals surface area contributed by atoms with Gasteiger partial charge in [0, 0.05) is 6.42 Å². The monoisotopic (exact) mass is 272 g/mol. The van der Waals surface area contributed by atoms with Crippen LogP contribution in [0.5, 0.6) is 0 Å². The lowest BCUT2D eigenvalue weighted by Gasteiger charge is -2.13. The van der Waals surface area contributed by atoms with Crippen molar-refractivity contribution in [3.8, 4) is 0 Å². The molecule has 1 heterocycles. The summed E-state index contributed by atoms with van der Waals surface area (Å²) in [6, 6.07) is 9.22. The van der Waals surface area contributed by atoms with Gasteiger partial charge < -0.3 is 0 Å². The number of carbonyl (C=O) groups is 2. The number of anilines is 1. The van der Waals surface area contributed by atoms with Crippen LogP contribution < -0.4 is 5.01 Å². The first-order valence-corrected chi connectivity index (χ1v) is 7.12. The van der Waals surface area contributed by atoms with Gasteiger partial charge in [0.1, 0.15) is 5.92 Å². The Morgan fingerprint density at radius 1 is 1.25 bits per heavy atom. The number of carbonyl (C=O) groups excluding carboxylic acids is 2. The third kappa shape index (κ3) is 2.95. The lowest BCUT2D eigenvalue weighted by Crippen LogP contribution is -2.32. The second-order valence-corrected chi connectivity index (χ2v) is 5.08. The lowest BCUT2D eigenvalue weighted by molar-refractivity contribution is -0.129. The minimum absolute atomic E-state index is 0.0110. The molecule has 0 saturated carbocycles. The first-order chi connectivity index (χ1) is 9.65. The van der Waals surface area contributed by atoms with E-state index in [1.807, 2.05) is 30.3 Å². The summed E-state index contributed by atoms with van der Waals surface area (Å²) in [5.74, 6) is -0.926. The van der Waals surface area contributed by atoms with Crippen LogP contribution in [-0.2, 0) is 9.59 Å². The molecule has 1 aliphatic heterocycles. The highest BCUT2D eigenvalue weighted by atomic mass is 16.2. The van der Waals surface area contributed by atoms with Crippen molar-refractivity contribution in [3.05, 3.63) is 30.3 Å². The molecule has 0 bridgehead atoms. The number of hydrazone groups is 1. The van der Waals surface area contributed by atoms with E-state index in [0.29, 0.717) is 17.8 Å². The Labute approximate surface area is 119 Å². The van der Waals surface area contributed by atoms with E-state index in [1.54, 1.807) is 6.92 Å². The van der Waals surface area contributed by atoms with E-state index < -0.39 is 5.92 Å². The number of benzene rings is 1. The van der Waals surface area contributed by atoms with Crippen LogP contribution in [0.25, 0.3) is 0 Å². The normalized spacial score (nSPS) is 18.3. The smallest absolute Gasteiger partial charge is 0.263 e. The Morgan fingerprint density at radius 2 is 1.95 bits per heavy atom. The highest BCUT2D eigenvalue weighted by Gasteiger charge is 2.38. The predicted molar refractivity (Wildman–Crippen MR) is 79.7 cm³/mol. The zero-order valence-corrected chi connectivity index (χ0v) is 12.0. The maximum Gasteiger partial charge on any atom is 0.263 e. The highest BCUT2D eigenvalue weighted by molar-refractivity contribution is 6.26. The second kappa shape index (κ2) is 6.46. The minimum Gasteiger partial charge on any atom is -0.298 e. The van der Waals surface area contributed by atoms with Crippen molar-refractivity contribution in [1.82, 2.24) is 0 Å². The molecule has 0 fully saturated rings. The van der Waals surface area contributed by atoms with Gasteiger partial charge in [-0.2, -0.15) is 10.1 Å². The summed E-state index contributed by atoms with van der Waals surface area (Å²) >= 11 is 0. The van der Waals surface area contributed by atoms with Gasteiger partial charge in [0.15, 0.2) is 5.78 Å². The maximum atomic E-state index is 12.4. The number of amides is 1. The van der Waals surface area contributed by atoms with Crippen LogP contribution in [0, 0.1) is 5.92 Å². The van der Waals surface area contributed by atoms with Gasteiger partial charge in [-0.25, -0.2) is 0 Å². The predicted octanol–water partition coefficient (Wildman–Crippen LogP) is 3.17. The van der Waals surface area contributed by atoms with E-state index in [0.717, 1.165) is 19.3 Å². The van der Waals surface area contributed by atoms with Crippen molar-refractivity contribution in [1.29, 1.82) is 0 Å². The first-order valence-electron chi connectivity index (χ1n) is 7.12. The van der Waals surface area contributed by atoms with Gasteiger partial charge in [-0.3, -0.25) is 9.59 Å². The molecule has 0 radical (unpaired) electrons. The SMILES string of the molecule is CCCCCC(=O)[C@@H]1C(=O)N(c2ccccc2)N=C1C. The fourth-order valence-electron chi connectivity index (χ4n) is 2.38. The number of nitrogens with zero attached hydrogens (tertiary/aromatic N) is 2. The van der Waals surface area contributed by atoms with Crippen LogP contribution in [0.4, 0.5) is 5.69 Å². The summed E-state index contributed by atoms with van der Waals surface area (Å²) in [5, 5.41) is 5.60. The molecule has 1 aromatic carbocycles. The highest BCUT2D eigenvalue weighted by Crippen LogP contribution is 2.25. The van der Waals surface area contributed by atoms with Gasteiger partial charge in [0.2, 0.25) is 0 Å². The van der Waals surface area contributed by atoms with E-state index in [2.05, 4.69) is 12.0 Å². The van der Waals surface area contributed by atoms with Crippen LogP contribution in [0.3, 0.4) is 0 Å². The largest absolute Gasteiger partial charge is 0.298 e. The Morgan fingerprint density at radius 3 is 2.60 bits per heavy atom. The molecule has 1 atom stereocenters. The molecule has 1 aliphatic rings. The molecule has 1 aromatic rings. The fraction of sp³-hybridized carbons (Fsp3) is 0.438. The minimum atomic E-state index is -0.688. The quantitative estimate of drug-likeness (QED) is 0.590. The van der Waals surface area contributed by atoms with Crippen LogP contribution in [0.15, 0.2) is 35.4 Å². The zero-order chi connectivity index (χ0) is 14.5.